The van der Waals surface area contributed by atoms with Gasteiger partial charge in [0.1, 0.15) is 5.82 Å². The van der Waals surface area contributed by atoms with E-state index in [4.69, 9.17) is 16.1 Å². The van der Waals surface area contributed by atoms with E-state index in [2.05, 4.69) is 10.1 Å². The van der Waals surface area contributed by atoms with Crippen molar-refractivity contribution in [3.05, 3.63) is 63.9 Å². The molecule has 8 heteroatoms. The molecule has 0 aliphatic carbocycles. The van der Waals surface area contributed by atoms with E-state index in [0.717, 1.165) is 4.88 Å². The van der Waals surface area contributed by atoms with Crippen LogP contribution >= 0.6 is 22.9 Å². The van der Waals surface area contributed by atoms with Gasteiger partial charge in [-0.15, -0.1) is 11.3 Å². The highest BCUT2D eigenvalue weighted by atomic mass is 35.5. The molecule has 0 bridgehead atoms. The minimum Gasteiger partial charge on any atom is -0.355 e. The van der Waals surface area contributed by atoms with Crippen molar-refractivity contribution >= 4 is 28.8 Å². The SMILES string of the molecule is O=C(c1cc(-c2cccs2)on1)N1CCN(Cc2c(F)cccc2Cl)CC1. The highest BCUT2D eigenvalue weighted by Gasteiger charge is 2.25. The van der Waals surface area contributed by atoms with Crippen LogP contribution in [0.3, 0.4) is 0 Å². The second-order valence-corrected chi connectivity index (χ2v) is 7.68. The van der Waals surface area contributed by atoms with Gasteiger partial charge in [0, 0.05) is 49.4 Å². The summed E-state index contributed by atoms with van der Waals surface area (Å²) in [6.45, 7) is 2.82. The Labute approximate surface area is 164 Å². The van der Waals surface area contributed by atoms with Crippen LogP contribution < -0.4 is 0 Å². The van der Waals surface area contributed by atoms with Gasteiger partial charge in [0.2, 0.25) is 0 Å². The summed E-state index contributed by atoms with van der Waals surface area (Å²) in [5, 5.41) is 6.29. The molecule has 0 saturated carbocycles. The highest BCUT2D eigenvalue weighted by Crippen LogP contribution is 2.26. The maximum absolute atomic E-state index is 14.0. The second-order valence-electron chi connectivity index (χ2n) is 6.32. The molecule has 27 heavy (non-hydrogen) atoms. The van der Waals surface area contributed by atoms with Crippen LogP contribution in [0.2, 0.25) is 5.02 Å². The zero-order valence-electron chi connectivity index (χ0n) is 14.4. The lowest BCUT2D eigenvalue weighted by Gasteiger charge is -2.34. The van der Waals surface area contributed by atoms with Gasteiger partial charge in [0.15, 0.2) is 11.5 Å². The number of carbonyl (C=O) groups is 1. The third kappa shape index (κ3) is 3.90. The third-order valence-electron chi connectivity index (χ3n) is 4.60. The summed E-state index contributed by atoms with van der Waals surface area (Å²) in [6, 6.07) is 10.2. The molecule has 1 aromatic carbocycles. The Morgan fingerprint density at radius 3 is 2.74 bits per heavy atom. The predicted octanol–water partition coefficient (Wildman–Crippen LogP) is 4.15. The van der Waals surface area contributed by atoms with Gasteiger partial charge in [0.05, 0.1) is 4.88 Å². The lowest BCUT2D eigenvalue weighted by Crippen LogP contribution is -2.48. The van der Waals surface area contributed by atoms with Crippen molar-refractivity contribution in [2.45, 2.75) is 6.54 Å². The normalized spacial score (nSPS) is 15.3. The zero-order chi connectivity index (χ0) is 18.8. The molecule has 0 atom stereocenters. The van der Waals surface area contributed by atoms with Crippen LogP contribution in [0.25, 0.3) is 10.6 Å². The number of amides is 1. The highest BCUT2D eigenvalue weighted by molar-refractivity contribution is 7.13. The number of rotatable bonds is 4. The largest absolute Gasteiger partial charge is 0.355 e. The van der Waals surface area contributed by atoms with Crippen molar-refractivity contribution in [2.24, 2.45) is 0 Å². The fraction of sp³-hybridized carbons (Fsp3) is 0.263. The van der Waals surface area contributed by atoms with E-state index >= 15 is 0 Å². The van der Waals surface area contributed by atoms with Crippen LogP contribution in [-0.2, 0) is 6.54 Å². The van der Waals surface area contributed by atoms with Crippen molar-refractivity contribution < 1.29 is 13.7 Å². The van der Waals surface area contributed by atoms with Gasteiger partial charge in [-0.2, -0.15) is 0 Å². The number of hydrogen-bond donors (Lipinski definition) is 0. The number of aromatic nitrogens is 1. The van der Waals surface area contributed by atoms with Crippen LogP contribution in [0.1, 0.15) is 16.1 Å². The monoisotopic (exact) mass is 405 g/mol. The van der Waals surface area contributed by atoms with Crippen molar-refractivity contribution in [3.63, 3.8) is 0 Å². The fourth-order valence-electron chi connectivity index (χ4n) is 3.09. The molecule has 5 nitrogen and oxygen atoms in total. The number of hydrogen-bond acceptors (Lipinski definition) is 5. The molecule has 0 N–H and O–H groups in total. The maximum Gasteiger partial charge on any atom is 0.276 e. The summed E-state index contributed by atoms with van der Waals surface area (Å²) < 4.78 is 19.3. The van der Waals surface area contributed by atoms with Gasteiger partial charge < -0.3 is 9.42 Å². The third-order valence-corrected chi connectivity index (χ3v) is 5.83. The van der Waals surface area contributed by atoms with E-state index in [9.17, 15) is 9.18 Å². The molecule has 1 aliphatic heterocycles. The van der Waals surface area contributed by atoms with Crippen LogP contribution in [0.5, 0.6) is 0 Å². The number of halogens is 2. The average Bonchev–Trinajstić information content (AvgIpc) is 3.36. The first-order chi connectivity index (χ1) is 13.1. The fourth-order valence-corrected chi connectivity index (χ4v) is 3.98. The van der Waals surface area contributed by atoms with Gasteiger partial charge in [-0.1, -0.05) is 28.9 Å². The van der Waals surface area contributed by atoms with E-state index in [1.165, 1.54) is 17.4 Å². The van der Waals surface area contributed by atoms with Crippen molar-refractivity contribution in [1.29, 1.82) is 0 Å². The Morgan fingerprint density at radius 2 is 2.04 bits per heavy atom. The Balaban J connectivity index is 1.37. The maximum atomic E-state index is 14.0. The molecule has 1 amide bonds. The minimum atomic E-state index is -0.301. The molecule has 1 saturated heterocycles. The van der Waals surface area contributed by atoms with E-state index in [-0.39, 0.29) is 11.7 Å². The summed E-state index contributed by atoms with van der Waals surface area (Å²) in [5.41, 5.74) is 0.806. The van der Waals surface area contributed by atoms with E-state index in [1.54, 1.807) is 23.1 Å². The van der Waals surface area contributed by atoms with E-state index < -0.39 is 0 Å². The molecule has 4 rings (SSSR count). The molecular formula is C19H17ClFN3O2S. The van der Waals surface area contributed by atoms with Crippen molar-refractivity contribution in [1.82, 2.24) is 15.0 Å². The van der Waals surface area contributed by atoms with Crippen LogP contribution in [0.4, 0.5) is 4.39 Å². The summed E-state index contributed by atoms with van der Waals surface area (Å²) in [7, 11) is 0. The first kappa shape index (κ1) is 18.2. The molecule has 1 fully saturated rings. The lowest BCUT2D eigenvalue weighted by atomic mass is 10.1. The number of piperazine rings is 1. The Hall–Kier alpha value is -2.22. The van der Waals surface area contributed by atoms with Crippen LogP contribution in [-0.4, -0.2) is 47.0 Å². The first-order valence-corrected chi connectivity index (χ1v) is 9.82. The Kier molecular flexibility index (Phi) is 5.24. The van der Waals surface area contributed by atoms with E-state index in [0.29, 0.717) is 54.8 Å². The van der Waals surface area contributed by atoms with Crippen LogP contribution in [0, 0.1) is 5.82 Å². The topological polar surface area (TPSA) is 49.6 Å². The number of nitrogens with zero attached hydrogens (tertiary/aromatic N) is 3. The molecule has 3 aromatic rings. The average molecular weight is 406 g/mol. The summed E-state index contributed by atoms with van der Waals surface area (Å²) in [6.07, 6.45) is 0. The molecule has 1 aliphatic rings. The molecule has 0 radical (unpaired) electrons. The molecule has 3 heterocycles. The van der Waals surface area contributed by atoms with Crippen molar-refractivity contribution in [2.75, 3.05) is 26.2 Å². The van der Waals surface area contributed by atoms with E-state index in [1.807, 2.05) is 17.5 Å². The first-order valence-electron chi connectivity index (χ1n) is 8.57. The van der Waals surface area contributed by atoms with Gasteiger partial charge in [-0.3, -0.25) is 9.69 Å². The van der Waals surface area contributed by atoms with Crippen LogP contribution in [0.15, 0.2) is 46.3 Å². The number of carbonyl (C=O) groups excluding carboxylic acids is 1. The Morgan fingerprint density at radius 1 is 1.22 bits per heavy atom. The van der Waals surface area contributed by atoms with Gasteiger partial charge in [0.25, 0.3) is 5.91 Å². The van der Waals surface area contributed by atoms with Gasteiger partial charge in [-0.25, -0.2) is 4.39 Å². The standard InChI is InChI=1S/C19H17ClFN3O2S/c20-14-3-1-4-15(21)13(14)12-23-6-8-24(9-7-23)19(25)16-11-17(26-22-16)18-5-2-10-27-18/h1-5,10-11H,6-9,12H2. The summed E-state index contributed by atoms with van der Waals surface area (Å²) >= 11 is 7.64. The number of benzene rings is 1. The molecular weight excluding hydrogens is 389 g/mol. The van der Waals surface area contributed by atoms with Gasteiger partial charge >= 0.3 is 0 Å². The summed E-state index contributed by atoms with van der Waals surface area (Å²) in [4.78, 5) is 17.4. The molecule has 2 aromatic heterocycles. The predicted molar refractivity (Wildman–Crippen MR) is 102 cm³/mol. The lowest BCUT2D eigenvalue weighted by molar-refractivity contribution is 0.0617. The summed E-state index contributed by atoms with van der Waals surface area (Å²) in [5.74, 6) is 0.149. The zero-order valence-corrected chi connectivity index (χ0v) is 16.0. The number of thiophene rings is 1. The smallest absolute Gasteiger partial charge is 0.276 e. The van der Waals surface area contributed by atoms with Gasteiger partial charge in [-0.05, 0) is 23.6 Å². The molecule has 0 unspecified atom stereocenters. The second kappa shape index (κ2) is 7.80. The molecule has 140 valence electrons. The minimum absolute atomic E-state index is 0.148. The quantitative estimate of drug-likeness (QED) is 0.654. The van der Waals surface area contributed by atoms with Crippen molar-refractivity contribution in [3.8, 4) is 10.6 Å². The molecule has 0 spiro atoms. The Bertz CT molecular complexity index is 916.